The molecule has 1 aliphatic heterocycles. The summed E-state index contributed by atoms with van der Waals surface area (Å²) in [5.74, 6) is 2.68. The van der Waals surface area contributed by atoms with E-state index in [0.29, 0.717) is 6.04 Å². The zero-order valence-electron chi connectivity index (χ0n) is 11.8. The summed E-state index contributed by atoms with van der Waals surface area (Å²) in [7, 11) is 0. The van der Waals surface area contributed by atoms with Gasteiger partial charge < -0.3 is 5.32 Å². The van der Waals surface area contributed by atoms with Gasteiger partial charge >= 0.3 is 0 Å². The van der Waals surface area contributed by atoms with E-state index >= 15 is 0 Å². The minimum atomic E-state index is 0.637. The lowest BCUT2D eigenvalue weighted by Crippen LogP contribution is -2.46. The van der Waals surface area contributed by atoms with Crippen LogP contribution in [0.2, 0.25) is 0 Å². The first-order valence-electron chi connectivity index (χ1n) is 7.52. The molecule has 1 fully saturated rings. The molecule has 3 unspecified atom stereocenters. The fourth-order valence-corrected chi connectivity index (χ4v) is 6.34. The summed E-state index contributed by atoms with van der Waals surface area (Å²) in [6.07, 6.45) is 9.27. The van der Waals surface area contributed by atoms with Crippen molar-refractivity contribution in [1.82, 2.24) is 5.32 Å². The van der Waals surface area contributed by atoms with E-state index in [-0.39, 0.29) is 0 Å². The van der Waals surface area contributed by atoms with E-state index in [1.807, 2.05) is 0 Å². The molecule has 0 aromatic rings. The molecule has 1 saturated heterocycles. The average Bonchev–Trinajstić information content (AvgIpc) is 2.46. The topological polar surface area (TPSA) is 12.0 Å². The molecule has 3 atom stereocenters. The van der Waals surface area contributed by atoms with E-state index in [9.17, 15) is 0 Å². The quantitative estimate of drug-likeness (QED) is 0.764. The largest absolute Gasteiger partial charge is 0.310 e. The van der Waals surface area contributed by atoms with Gasteiger partial charge in [-0.05, 0) is 38.6 Å². The Morgan fingerprint density at radius 3 is 2.78 bits per heavy atom. The molecular formula is C15H27NS2. The molecule has 2 aliphatic rings. The third-order valence-electron chi connectivity index (χ3n) is 3.97. The predicted molar refractivity (Wildman–Crippen MR) is 86.8 cm³/mol. The van der Waals surface area contributed by atoms with Crippen LogP contribution < -0.4 is 5.32 Å². The lowest BCUT2D eigenvalue weighted by atomic mass is 9.90. The Morgan fingerprint density at radius 2 is 2.11 bits per heavy atom. The van der Waals surface area contributed by atoms with E-state index in [0.717, 1.165) is 17.0 Å². The van der Waals surface area contributed by atoms with E-state index < -0.39 is 0 Å². The number of rotatable bonds is 5. The van der Waals surface area contributed by atoms with Crippen LogP contribution in [0.5, 0.6) is 0 Å². The summed E-state index contributed by atoms with van der Waals surface area (Å²) in [4.78, 5) is 0. The van der Waals surface area contributed by atoms with Gasteiger partial charge in [-0.3, -0.25) is 0 Å². The molecule has 3 heteroatoms. The SMILES string of the molecule is CCNC(C1=CCCCC1)C1SCCSC1CC. The normalized spacial score (nSPS) is 30.9. The van der Waals surface area contributed by atoms with Gasteiger partial charge in [-0.25, -0.2) is 0 Å². The first-order valence-corrected chi connectivity index (χ1v) is 9.62. The van der Waals surface area contributed by atoms with Crippen molar-refractivity contribution >= 4 is 23.5 Å². The fraction of sp³-hybridized carbons (Fsp3) is 0.867. The molecule has 1 heterocycles. The van der Waals surface area contributed by atoms with Gasteiger partial charge in [0.15, 0.2) is 0 Å². The number of nitrogens with one attached hydrogen (secondary N) is 1. The highest BCUT2D eigenvalue weighted by Gasteiger charge is 2.33. The Balaban J connectivity index is 2.09. The fourth-order valence-electron chi connectivity index (χ4n) is 3.07. The highest BCUT2D eigenvalue weighted by atomic mass is 32.2. The van der Waals surface area contributed by atoms with E-state index in [1.165, 1.54) is 43.6 Å². The van der Waals surface area contributed by atoms with Crippen LogP contribution in [0.15, 0.2) is 11.6 Å². The molecule has 0 saturated carbocycles. The monoisotopic (exact) mass is 285 g/mol. The first kappa shape index (κ1) is 14.8. The molecule has 0 radical (unpaired) electrons. The van der Waals surface area contributed by atoms with Crippen molar-refractivity contribution in [2.75, 3.05) is 18.1 Å². The number of hydrogen-bond donors (Lipinski definition) is 1. The molecule has 0 amide bonds. The minimum absolute atomic E-state index is 0.637. The standard InChI is InChI=1S/C15H27NS2/c1-3-13-15(18-11-10-17-13)14(16-4-2)12-8-6-5-7-9-12/h8,13-16H,3-7,9-11H2,1-2H3. The summed E-state index contributed by atoms with van der Waals surface area (Å²) in [6, 6.07) is 0.637. The number of thioether (sulfide) groups is 2. The first-order chi connectivity index (χ1) is 8.86. The number of likely N-dealkylation sites (N-methyl/N-ethyl adjacent to an activating group) is 1. The summed E-state index contributed by atoms with van der Waals surface area (Å²) in [6.45, 7) is 5.70. The smallest absolute Gasteiger partial charge is 0.0410 e. The summed E-state index contributed by atoms with van der Waals surface area (Å²) in [5.41, 5.74) is 1.71. The number of hydrogen-bond acceptors (Lipinski definition) is 3. The van der Waals surface area contributed by atoms with Crippen molar-refractivity contribution in [1.29, 1.82) is 0 Å². The van der Waals surface area contributed by atoms with Gasteiger partial charge in [-0.15, -0.1) is 0 Å². The molecule has 0 spiro atoms. The van der Waals surface area contributed by atoms with Gasteiger partial charge in [-0.1, -0.05) is 25.5 Å². The van der Waals surface area contributed by atoms with Gasteiger partial charge in [0.2, 0.25) is 0 Å². The average molecular weight is 286 g/mol. The Kier molecular flexibility index (Phi) is 6.46. The Morgan fingerprint density at radius 1 is 1.28 bits per heavy atom. The second-order valence-corrected chi connectivity index (χ2v) is 7.85. The van der Waals surface area contributed by atoms with E-state index in [1.54, 1.807) is 5.57 Å². The van der Waals surface area contributed by atoms with Crippen molar-refractivity contribution in [3.63, 3.8) is 0 Å². The minimum Gasteiger partial charge on any atom is -0.310 e. The second kappa shape index (κ2) is 7.86. The van der Waals surface area contributed by atoms with Gasteiger partial charge in [0, 0.05) is 28.0 Å². The van der Waals surface area contributed by atoms with Crippen molar-refractivity contribution in [2.45, 2.75) is 62.5 Å². The van der Waals surface area contributed by atoms with Crippen LogP contribution in [0.4, 0.5) is 0 Å². The van der Waals surface area contributed by atoms with Crippen LogP contribution >= 0.6 is 23.5 Å². The van der Waals surface area contributed by atoms with Crippen LogP contribution in [0.3, 0.4) is 0 Å². The Labute approximate surface area is 121 Å². The zero-order valence-corrected chi connectivity index (χ0v) is 13.4. The van der Waals surface area contributed by atoms with Crippen LogP contribution in [-0.2, 0) is 0 Å². The summed E-state index contributed by atoms with van der Waals surface area (Å²) < 4.78 is 0. The maximum Gasteiger partial charge on any atom is 0.0410 e. The molecule has 1 nitrogen and oxygen atoms in total. The predicted octanol–water partition coefficient (Wildman–Crippen LogP) is 4.09. The molecule has 104 valence electrons. The van der Waals surface area contributed by atoms with Gasteiger partial charge in [0.1, 0.15) is 0 Å². The van der Waals surface area contributed by atoms with Crippen LogP contribution in [0.25, 0.3) is 0 Å². The molecule has 2 rings (SSSR count). The summed E-state index contributed by atoms with van der Waals surface area (Å²) in [5, 5.41) is 5.42. The van der Waals surface area contributed by atoms with Crippen molar-refractivity contribution < 1.29 is 0 Å². The third-order valence-corrected chi connectivity index (χ3v) is 7.32. The molecule has 1 N–H and O–H groups in total. The lowest BCUT2D eigenvalue weighted by Gasteiger charge is -2.38. The Bertz CT molecular complexity index is 278. The van der Waals surface area contributed by atoms with Crippen LogP contribution in [0, 0.1) is 0 Å². The van der Waals surface area contributed by atoms with Gasteiger partial charge in [-0.2, -0.15) is 23.5 Å². The summed E-state index contributed by atoms with van der Waals surface area (Å²) >= 11 is 4.41. The lowest BCUT2D eigenvalue weighted by molar-refractivity contribution is 0.513. The maximum atomic E-state index is 3.78. The van der Waals surface area contributed by atoms with Gasteiger partial charge in [0.05, 0.1) is 0 Å². The van der Waals surface area contributed by atoms with Crippen molar-refractivity contribution in [2.24, 2.45) is 0 Å². The second-order valence-electron chi connectivity index (χ2n) is 5.21. The molecule has 0 bridgehead atoms. The molecule has 0 aromatic carbocycles. The highest BCUT2D eigenvalue weighted by molar-refractivity contribution is 8.07. The van der Waals surface area contributed by atoms with Crippen molar-refractivity contribution in [3.8, 4) is 0 Å². The maximum absolute atomic E-state index is 3.78. The van der Waals surface area contributed by atoms with E-state index in [2.05, 4.69) is 48.8 Å². The van der Waals surface area contributed by atoms with Crippen LogP contribution in [-0.4, -0.2) is 34.6 Å². The Hall–Kier alpha value is 0.400. The zero-order chi connectivity index (χ0) is 12.8. The molecule has 18 heavy (non-hydrogen) atoms. The molecule has 0 aromatic heterocycles. The highest BCUT2D eigenvalue weighted by Crippen LogP contribution is 2.38. The van der Waals surface area contributed by atoms with Gasteiger partial charge in [0.25, 0.3) is 0 Å². The van der Waals surface area contributed by atoms with E-state index in [4.69, 9.17) is 0 Å². The molecule has 1 aliphatic carbocycles. The van der Waals surface area contributed by atoms with Crippen LogP contribution in [0.1, 0.15) is 46.0 Å². The number of allylic oxidation sites excluding steroid dienone is 1. The molecular weight excluding hydrogens is 258 g/mol. The third kappa shape index (κ3) is 3.71. The van der Waals surface area contributed by atoms with Crippen molar-refractivity contribution in [3.05, 3.63) is 11.6 Å².